The van der Waals surface area contributed by atoms with Crippen LogP contribution in [-0.2, 0) is 4.79 Å². The van der Waals surface area contributed by atoms with Crippen molar-refractivity contribution in [3.63, 3.8) is 0 Å². The lowest BCUT2D eigenvalue weighted by molar-refractivity contribution is -0.120. The van der Waals surface area contributed by atoms with Gasteiger partial charge in [-0.3, -0.25) is 4.79 Å². The molecule has 1 saturated heterocycles. The smallest absolute Gasteiger partial charge is 0.227 e. The van der Waals surface area contributed by atoms with E-state index in [1.165, 1.54) is 0 Å². The van der Waals surface area contributed by atoms with Crippen LogP contribution < -0.4 is 10.6 Å². The third kappa shape index (κ3) is 3.37. The summed E-state index contributed by atoms with van der Waals surface area (Å²) < 4.78 is 0. The highest BCUT2D eigenvalue weighted by Crippen LogP contribution is 2.26. The van der Waals surface area contributed by atoms with Gasteiger partial charge in [-0.1, -0.05) is 23.2 Å². The first-order chi connectivity index (χ1) is 8.56. The molecule has 0 saturated carbocycles. The summed E-state index contributed by atoms with van der Waals surface area (Å²) in [6.45, 7) is 2.99. The van der Waals surface area contributed by atoms with Crippen LogP contribution in [0.1, 0.15) is 19.8 Å². The molecule has 1 amide bonds. The highest BCUT2D eigenvalue weighted by Gasteiger charge is 2.24. The molecule has 1 aromatic carbocycles. The third-order valence-corrected chi connectivity index (χ3v) is 3.92. The number of hydrogen-bond acceptors (Lipinski definition) is 2. The molecule has 5 heteroatoms. The second kappa shape index (κ2) is 5.91. The molecule has 0 bridgehead atoms. The lowest BCUT2D eigenvalue weighted by Crippen LogP contribution is -2.40. The van der Waals surface area contributed by atoms with Crippen molar-refractivity contribution >= 4 is 34.8 Å². The number of rotatable bonds is 2. The zero-order valence-corrected chi connectivity index (χ0v) is 11.7. The van der Waals surface area contributed by atoms with E-state index in [0.717, 1.165) is 19.4 Å². The van der Waals surface area contributed by atoms with Crippen molar-refractivity contribution in [2.45, 2.75) is 25.8 Å². The van der Waals surface area contributed by atoms with Gasteiger partial charge in [0.25, 0.3) is 0 Å². The molecule has 1 heterocycles. The zero-order valence-electron chi connectivity index (χ0n) is 10.2. The molecule has 1 aliphatic heterocycles. The molecule has 2 unspecified atom stereocenters. The number of carbonyl (C=O) groups excluding carboxylic acids is 1. The summed E-state index contributed by atoms with van der Waals surface area (Å²) in [5, 5.41) is 7.16. The standard InChI is InChI=1S/C13H16Cl2N2O/c1-8-6-9(4-5-16-8)13(18)17-10-2-3-11(14)12(15)7-10/h2-3,7-9,16H,4-6H2,1H3,(H,17,18). The second-order valence-electron chi connectivity index (χ2n) is 4.69. The Morgan fingerprint density at radius 3 is 2.83 bits per heavy atom. The van der Waals surface area contributed by atoms with Crippen LogP contribution in [0.2, 0.25) is 10.0 Å². The summed E-state index contributed by atoms with van der Waals surface area (Å²) in [7, 11) is 0. The molecule has 18 heavy (non-hydrogen) atoms. The minimum atomic E-state index is 0.0572. The maximum absolute atomic E-state index is 12.1. The first kappa shape index (κ1) is 13.7. The Hall–Kier alpha value is -0.770. The van der Waals surface area contributed by atoms with E-state index in [9.17, 15) is 4.79 Å². The average molecular weight is 287 g/mol. The predicted molar refractivity (Wildman–Crippen MR) is 75.3 cm³/mol. The van der Waals surface area contributed by atoms with Crippen molar-refractivity contribution in [2.24, 2.45) is 5.92 Å². The van der Waals surface area contributed by atoms with Gasteiger partial charge in [-0.15, -0.1) is 0 Å². The van der Waals surface area contributed by atoms with E-state index < -0.39 is 0 Å². The van der Waals surface area contributed by atoms with E-state index in [1.807, 2.05) is 0 Å². The van der Waals surface area contributed by atoms with E-state index in [1.54, 1.807) is 18.2 Å². The monoisotopic (exact) mass is 286 g/mol. The molecule has 0 aliphatic carbocycles. The Labute approximate surface area is 117 Å². The fraction of sp³-hybridized carbons (Fsp3) is 0.462. The number of piperidine rings is 1. The van der Waals surface area contributed by atoms with Gasteiger partial charge in [-0.2, -0.15) is 0 Å². The summed E-state index contributed by atoms with van der Waals surface area (Å²) in [4.78, 5) is 12.1. The summed E-state index contributed by atoms with van der Waals surface area (Å²) in [5.74, 6) is 0.123. The van der Waals surface area contributed by atoms with Gasteiger partial charge in [0.2, 0.25) is 5.91 Å². The molecule has 2 atom stereocenters. The van der Waals surface area contributed by atoms with Gasteiger partial charge >= 0.3 is 0 Å². The van der Waals surface area contributed by atoms with Gasteiger partial charge < -0.3 is 10.6 Å². The Morgan fingerprint density at radius 1 is 1.39 bits per heavy atom. The fourth-order valence-electron chi connectivity index (χ4n) is 2.19. The average Bonchev–Trinajstić information content (AvgIpc) is 2.34. The van der Waals surface area contributed by atoms with Crippen LogP contribution in [0.15, 0.2) is 18.2 Å². The quantitative estimate of drug-likeness (QED) is 0.876. The largest absolute Gasteiger partial charge is 0.326 e. The van der Waals surface area contributed by atoms with Crippen molar-refractivity contribution in [1.82, 2.24) is 5.32 Å². The molecule has 0 spiro atoms. The molecular formula is C13H16Cl2N2O. The summed E-state index contributed by atoms with van der Waals surface area (Å²) >= 11 is 11.7. The molecule has 98 valence electrons. The van der Waals surface area contributed by atoms with Crippen LogP contribution in [0, 0.1) is 5.92 Å². The number of amides is 1. The Bertz CT molecular complexity index is 451. The Kier molecular flexibility index (Phi) is 4.49. The number of nitrogens with one attached hydrogen (secondary N) is 2. The first-order valence-electron chi connectivity index (χ1n) is 6.05. The minimum Gasteiger partial charge on any atom is -0.326 e. The van der Waals surface area contributed by atoms with E-state index in [0.29, 0.717) is 21.8 Å². The Morgan fingerprint density at radius 2 is 2.17 bits per heavy atom. The number of benzene rings is 1. The molecule has 1 fully saturated rings. The summed E-state index contributed by atoms with van der Waals surface area (Å²) in [5.41, 5.74) is 0.695. The van der Waals surface area contributed by atoms with E-state index in [2.05, 4.69) is 17.6 Å². The maximum atomic E-state index is 12.1. The Balaban J connectivity index is 2.00. The van der Waals surface area contributed by atoms with Crippen LogP contribution in [0.4, 0.5) is 5.69 Å². The highest BCUT2D eigenvalue weighted by molar-refractivity contribution is 6.42. The van der Waals surface area contributed by atoms with Crippen LogP contribution in [0.3, 0.4) is 0 Å². The molecule has 0 radical (unpaired) electrons. The van der Waals surface area contributed by atoms with Crippen LogP contribution in [0.5, 0.6) is 0 Å². The second-order valence-corrected chi connectivity index (χ2v) is 5.51. The molecule has 1 aromatic rings. The van der Waals surface area contributed by atoms with Crippen molar-refractivity contribution < 1.29 is 4.79 Å². The van der Waals surface area contributed by atoms with Gasteiger partial charge in [0, 0.05) is 17.6 Å². The van der Waals surface area contributed by atoms with Crippen molar-refractivity contribution in [3.05, 3.63) is 28.2 Å². The fourth-order valence-corrected chi connectivity index (χ4v) is 2.49. The van der Waals surface area contributed by atoms with E-state index >= 15 is 0 Å². The van der Waals surface area contributed by atoms with Crippen molar-refractivity contribution in [1.29, 1.82) is 0 Å². The van der Waals surface area contributed by atoms with Crippen molar-refractivity contribution in [2.75, 3.05) is 11.9 Å². The molecular weight excluding hydrogens is 271 g/mol. The number of hydrogen-bond donors (Lipinski definition) is 2. The van der Waals surface area contributed by atoms with Gasteiger partial charge in [0.1, 0.15) is 0 Å². The lowest BCUT2D eigenvalue weighted by Gasteiger charge is -2.27. The normalized spacial score (nSPS) is 23.7. The third-order valence-electron chi connectivity index (χ3n) is 3.18. The maximum Gasteiger partial charge on any atom is 0.227 e. The molecule has 0 aromatic heterocycles. The first-order valence-corrected chi connectivity index (χ1v) is 6.81. The molecule has 3 nitrogen and oxygen atoms in total. The van der Waals surface area contributed by atoms with Crippen LogP contribution >= 0.6 is 23.2 Å². The number of carbonyl (C=O) groups is 1. The summed E-state index contributed by atoms with van der Waals surface area (Å²) in [6.07, 6.45) is 1.74. The van der Waals surface area contributed by atoms with E-state index in [4.69, 9.17) is 23.2 Å². The summed E-state index contributed by atoms with van der Waals surface area (Å²) in [6, 6.07) is 5.51. The van der Waals surface area contributed by atoms with Gasteiger partial charge in [-0.05, 0) is 44.5 Å². The lowest BCUT2D eigenvalue weighted by atomic mass is 9.92. The number of anilines is 1. The molecule has 2 N–H and O–H groups in total. The predicted octanol–water partition coefficient (Wildman–Crippen LogP) is 3.32. The van der Waals surface area contributed by atoms with Crippen molar-refractivity contribution in [3.8, 4) is 0 Å². The molecule has 2 rings (SSSR count). The van der Waals surface area contributed by atoms with Crippen LogP contribution in [-0.4, -0.2) is 18.5 Å². The van der Waals surface area contributed by atoms with E-state index in [-0.39, 0.29) is 11.8 Å². The van der Waals surface area contributed by atoms with Gasteiger partial charge in [0.15, 0.2) is 0 Å². The zero-order chi connectivity index (χ0) is 13.1. The number of halogens is 2. The van der Waals surface area contributed by atoms with Gasteiger partial charge in [0.05, 0.1) is 10.0 Å². The topological polar surface area (TPSA) is 41.1 Å². The minimum absolute atomic E-state index is 0.0572. The SMILES string of the molecule is CC1CC(C(=O)Nc2ccc(Cl)c(Cl)c2)CCN1. The highest BCUT2D eigenvalue weighted by atomic mass is 35.5. The van der Waals surface area contributed by atoms with Crippen LogP contribution in [0.25, 0.3) is 0 Å². The molecule has 1 aliphatic rings. The van der Waals surface area contributed by atoms with Gasteiger partial charge in [-0.25, -0.2) is 0 Å².